The van der Waals surface area contributed by atoms with Gasteiger partial charge in [-0.05, 0) is 39.5 Å². The largest absolute Gasteiger partial charge is 0.333 e. The van der Waals surface area contributed by atoms with Crippen LogP contribution in [0.2, 0.25) is 0 Å². The summed E-state index contributed by atoms with van der Waals surface area (Å²) in [7, 11) is 3.67. The maximum atomic E-state index is 4.50. The highest BCUT2D eigenvalue weighted by Gasteiger charge is 1.96. The zero-order valence-electron chi connectivity index (χ0n) is 8.72. The van der Waals surface area contributed by atoms with Crippen molar-refractivity contribution in [2.45, 2.75) is 27.2 Å². The summed E-state index contributed by atoms with van der Waals surface area (Å²) in [6, 6.07) is 0. The summed E-state index contributed by atoms with van der Waals surface area (Å²) in [6.45, 7) is 9.15. The van der Waals surface area contributed by atoms with Gasteiger partial charge in [0.05, 0.1) is 0 Å². The lowest BCUT2D eigenvalue weighted by atomic mass is 10.1. The Labute approximate surface area is 71.8 Å². The van der Waals surface area contributed by atoms with Gasteiger partial charge in [0.15, 0.2) is 0 Å². The maximum absolute atomic E-state index is 4.50. The van der Waals surface area contributed by atoms with Crippen molar-refractivity contribution in [3.8, 4) is 0 Å². The lowest BCUT2D eigenvalue weighted by Gasteiger charge is -2.14. The van der Waals surface area contributed by atoms with Gasteiger partial charge < -0.3 is 10.6 Å². The average molecular weight is 160 g/mol. The van der Waals surface area contributed by atoms with E-state index >= 15 is 0 Å². The van der Waals surface area contributed by atoms with Crippen molar-refractivity contribution < 1.29 is 0 Å². The van der Waals surface area contributed by atoms with E-state index in [0.717, 1.165) is 5.92 Å². The third kappa shape index (κ3) is 13.0. The van der Waals surface area contributed by atoms with Gasteiger partial charge in [-0.15, -0.1) is 0 Å². The van der Waals surface area contributed by atoms with Crippen LogP contribution in [0.3, 0.4) is 0 Å². The van der Waals surface area contributed by atoms with E-state index in [1.807, 2.05) is 0 Å². The standard InChI is InChI=1S/C8H19N.CH5N/c1-5-9(4)7-6-8(2)3;1-2/h8H,5-7H2,1-4H3;2H2,1H3. The third-order valence-corrected chi connectivity index (χ3v) is 1.63. The van der Waals surface area contributed by atoms with Crippen LogP contribution in [0, 0.1) is 5.92 Å². The van der Waals surface area contributed by atoms with Crippen LogP contribution >= 0.6 is 0 Å². The lowest BCUT2D eigenvalue weighted by Crippen LogP contribution is -2.19. The van der Waals surface area contributed by atoms with Crippen LogP contribution in [0.25, 0.3) is 0 Å². The summed E-state index contributed by atoms with van der Waals surface area (Å²) in [5.41, 5.74) is 4.50. The van der Waals surface area contributed by atoms with Crippen LogP contribution in [-0.4, -0.2) is 32.1 Å². The highest BCUT2D eigenvalue weighted by molar-refractivity contribution is 4.50. The topological polar surface area (TPSA) is 29.3 Å². The molecule has 0 aromatic rings. The second kappa shape index (κ2) is 9.92. The first-order valence-electron chi connectivity index (χ1n) is 4.43. The first kappa shape index (κ1) is 13.5. The fourth-order valence-corrected chi connectivity index (χ4v) is 0.637. The van der Waals surface area contributed by atoms with Crippen molar-refractivity contribution in [1.29, 1.82) is 0 Å². The van der Waals surface area contributed by atoms with Gasteiger partial charge in [0.25, 0.3) is 0 Å². The molecule has 0 bridgehead atoms. The summed E-state index contributed by atoms with van der Waals surface area (Å²) < 4.78 is 0. The van der Waals surface area contributed by atoms with E-state index in [2.05, 4.69) is 38.5 Å². The van der Waals surface area contributed by atoms with Crippen molar-refractivity contribution in [3.63, 3.8) is 0 Å². The average Bonchev–Trinajstić information content (AvgIpc) is 2.04. The molecule has 2 nitrogen and oxygen atoms in total. The molecule has 0 unspecified atom stereocenters. The molecule has 2 heteroatoms. The summed E-state index contributed by atoms with van der Waals surface area (Å²) in [4.78, 5) is 2.35. The number of hydrogen-bond acceptors (Lipinski definition) is 2. The minimum absolute atomic E-state index is 0.846. The van der Waals surface area contributed by atoms with Crippen molar-refractivity contribution in [3.05, 3.63) is 0 Å². The van der Waals surface area contributed by atoms with Crippen LogP contribution < -0.4 is 5.73 Å². The molecule has 0 rings (SSSR count). The van der Waals surface area contributed by atoms with E-state index in [0.29, 0.717) is 0 Å². The number of rotatable bonds is 4. The Kier molecular flexibility index (Phi) is 12.2. The van der Waals surface area contributed by atoms with E-state index in [1.165, 1.54) is 26.6 Å². The van der Waals surface area contributed by atoms with Crippen molar-refractivity contribution >= 4 is 0 Å². The molecule has 0 aliphatic heterocycles. The second-order valence-corrected chi connectivity index (χ2v) is 3.08. The van der Waals surface area contributed by atoms with Crippen LogP contribution in [-0.2, 0) is 0 Å². The van der Waals surface area contributed by atoms with E-state index in [4.69, 9.17) is 0 Å². The van der Waals surface area contributed by atoms with Gasteiger partial charge in [-0.2, -0.15) is 0 Å². The van der Waals surface area contributed by atoms with Gasteiger partial charge in [-0.25, -0.2) is 0 Å². The van der Waals surface area contributed by atoms with Gasteiger partial charge in [-0.3, -0.25) is 0 Å². The van der Waals surface area contributed by atoms with Gasteiger partial charge in [0.1, 0.15) is 0 Å². The summed E-state index contributed by atoms with van der Waals surface area (Å²) >= 11 is 0. The Hall–Kier alpha value is -0.0800. The minimum Gasteiger partial charge on any atom is -0.333 e. The second-order valence-electron chi connectivity index (χ2n) is 3.08. The first-order valence-corrected chi connectivity index (χ1v) is 4.43. The number of nitrogens with zero attached hydrogens (tertiary/aromatic N) is 1. The molecule has 2 N–H and O–H groups in total. The predicted molar refractivity (Wildman–Crippen MR) is 52.7 cm³/mol. The van der Waals surface area contributed by atoms with E-state index in [9.17, 15) is 0 Å². The summed E-state index contributed by atoms with van der Waals surface area (Å²) in [5.74, 6) is 0.846. The molecule has 11 heavy (non-hydrogen) atoms. The maximum Gasteiger partial charge on any atom is -0.00195 e. The zero-order valence-corrected chi connectivity index (χ0v) is 8.72. The van der Waals surface area contributed by atoms with E-state index in [-0.39, 0.29) is 0 Å². The minimum atomic E-state index is 0.846. The van der Waals surface area contributed by atoms with E-state index in [1.54, 1.807) is 0 Å². The third-order valence-electron chi connectivity index (χ3n) is 1.63. The number of nitrogens with two attached hydrogens (primary N) is 1. The Morgan fingerprint density at radius 2 is 1.73 bits per heavy atom. The molecule has 0 aliphatic carbocycles. The van der Waals surface area contributed by atoms with Gasteiger partial charge in [-0.1, -0.05) is 20.8 Å². The Morgan fingerprint density at radius 1 is 1.27 bits per heavy atom. The first-order chi connectivity index (χ1) is 5.16. The molecule has 0 aromatic heterocycles. The van der Waals surface area contributed by atoms with Crippen LogP contribution in [0.5, 0.6) is 0 Å². The van der Waals surface area contributed by atoms with Crippen molar-refractivity contribution in [2.24, 2.45) is 11.7 Å². The molecule has 0 spiro atoms. The monoisotopic (exact) mass is 160 g/mol. The predicted octanol–water partition coefficient (Wildman–Crippen LogP) is 1.56. The molecule has 70 valence electrons. The van der Waals surface area contributed by atoms with Gasteiger partial charge in [0.2, 0.25) is 0 Å². The molecule has 0 fully saturated rings. The quantitative estimate of drug-likeness (QED) is 0.676. The van der Waals surface area contributed by atoms with Gasteiger partial charge in [0, 0.05) is 0 Å². The fourth-order valence-electron chi connectivity index (χ4n) is 0.637. The Bertz CT molecular complexity index is 62.6. The molecule has 0 aliphatic rings. The zero-order chi connectivity index (χ0) is 9.28. The summed E-state index contributed by atoms with van der Waals surface area (Å²) in [6.07, 6.45) is 1.32. The molecule has 0 saturated heterocycles. The van der Waals surface area contributed by atoms with Gasteiger partial charge >= 0.3 is 0 Å². The number of hydrogen-bond donors (Lipinski definition) is 1. The molecular formula is C9H24N2. The summed E-state index contributed by atoms with van der Waals surface area (Å²) in [5, 5.41) is 0. The Balaban J connectivity index is 0. The highest BCUT2D eigenvalue weighted by atomic mass is 15.1. The van der Waals surface area contributed by atoms with Crippen LogP contribution in [0.15, 0.2) is 0 Å². The van der Waals surface area contributed by atoms with Crippen molar-refractivity contribution in [2.75, 3.05) is 27.2 Å². The molecule has 0 aromatic carbocycles. The molecule has 0 amide bonds. The smallest absolute Gasteiger partial charge is 0.00195 e. The molecule has 0 radical (unpaired) electrons. The SMILES string of the molecule is CCN(C)CCC(C)C.CN. The van der Waals surface area contributed by atoms with Crippen molar-refractivity contribution in [1.82, 2.24) is 4.90 Å². The molecule has 0 heterocycles. The van der Waals surface area contributed by atoms with E-state index < -0.39 is 0 Å². The molecule has 0 atom stereocenters. The molecular weight excluding hydrogens is 136 g/mol. The normalized spacial score (nSPS) is 9.82. The van der Waals surface area contributed by atoms with Crippen LogP contribution in [0.4, 0.5) is 0 Å². The van der Waals surface area contributed by atoms with Crippen LogP contribution in [0.1, 0.15) is 27.2 Å². The highest BCUT2D eigenvalue weighted by Crippen LogP contribution is 1.99. The fraction of sp³-hybridized carbons (Fsp3) is 1.00. The molecule has 0 saturated carbocycles. The lowest BCUT2D eigenvalue weighted by molar-refractivity contribution is 0.326. The Morgan fingerprint density at radius 3 is 2.00 bits per heavy atom.